The summed E-state index contributed by atoms with van der Waals surface area (Å²) in [6.45, 7) is 4.05. The minimum absolute atomic E-state index is 0.210. The van der Waals surface area contributed by atoms with Gasteiger partial charge in [0.25, 0.3) is 11.8 Å². The van der Waals surface area contributed by atoms with Crippen molar-refractivity contribution in [1.29, 1.82) is 0 Å². The lowest BCUT2D eigenvalue weighted by Crippen LogP contribution is -2.42. The van der Waals surface area contributed by atoms with Crippen LogP contribution in [0, 0.1) is 5.92 Å². The molecule has 2 rings (SSSR count). The second-order valence-electron chi connectivity index (χ2n) is 6.27. The Hall–Kier alpha value is -2.65. The molecule has 8 nitrogen and oxygen atoms in total. The summed E-state index contributed by atoms with van der Waals surface area (Å²) >= 11 is 1.16. The summed E-state index contributed by atoms with van der Waals surface area (Å²) in [7, 11) is 3.02. The number of methoxy groups -OCH3 is 2. The number of hydrogen-bond donors (Lipinski definition) is 3. The highest BCUT2D eigenvalue weighted by Gasteiger charge is 2.17. The molecular weight excluding hydrogens is 368 g/mol. The summed E-state index contributed by atoms with van der Waals surface area (Å²) in [5.74, 6) is 0.607. The van der Waals surface area contributed by atoms with Gasteiger partial charge in [0, 0.05) is 10.9 Å². The molecule has 0 aliphatic rings. The number of nitrogens with one attached hydrogen (secondary N) is 2. The van der Waals surface area contributed by atoms with E-state index in [0.29, 0.717) is 34.5 Å². The fourth-order valence-corrected chi connectivity index (χ4v) is 3.08. The third kappa shape index (κ3) is 5.66. The van der Waals surface area contributed by atoms with E-state index < -0.39 is 6.17 Å². The number of hydrogen-bond acceptors (Lipinski definition) is 7. The first kappa shape index (κ1) is 20.7. The highest BCUT2D eigenvalue weighted by molar-refractivity contribution is 7.14. The van der Waals surface area contributed by atoms with Crippen LogP contribution in [0.5, 0.6) is 11.5 Å². The lowest BCUT2D eigenvalue weighted by Gasteiger charge is -2.14. The molecule has 0 spiro atoms. The van der Waals surface area contributed by atoms with Crippen molar-refractivity contribution in [3.8, 4) is 11.5 Å². The maximum absolute atomic E-state index is 12.4. The van der Waals surface area contributed by atoms with Crippen LogP contribution >= 0.6 is 11.3 Å². The second kappa shape index (κ2) is 9.33. The van der Waals surface area contributed by atoms with Crippen LogP contribution < -0.4 is 25.8 Å². The Bertz CT molecular complexity index is 806. The Labute approximate surface area is 162 Å². The van der Waals surface area contributed by atoms with E-state index in [9.17, 15) is 9.59 Å². The second-order valence-corrected chi connectivity index (χ2v) is 7.13. The average Bonchev–Trinajstić information content (AvgIpc) is 3.08. The summed E-state index contributed by atoms with van der Waals surface area (Å²) in [5.41, 5.74) is 6.47. The van der Waals surface area contributed by atoms with Gasteiger partial charge in [-0.2, -0.15) is 0 Å². The van der Waals surface area contributed by atoms with Gasteiger partial charge < -0.3 is 20.5 Å². The highest BCUT2D eigenvalue weighted by Crippen LogP contribution is 2.28. The van der Waals surface area contributed by atoms with Crippen LogP contribution in [-0.4, -0.2) is 37.2 Å². The zero-order valence-electron chi connectivity index (χ0n) is 15.7. The highest BCUT2D eigenvalue weighted by atomic mass is 32.1. The minimum Gasteiger partial charge on any atom is -0.493 e. The van der Waals surface area contributed by atoms with Crippen LogP contribution in [0.1, 0.15) is 41.1 Å². The number of carbonyl (C=O) groups excluding carboxylic acids is 2. The maximum Gasteiger partial charge on any atom is 0.272 e. The molecule has 1 unspecified atom stereocenters. The SMILES string of the molecule is COc1ccc(C(=O)Nc2nc(C(=O)NC(N)CC(C)C)cs2)cc1OC. The number of nitrogens with zero attached hydrogens (tertiary/aromatic N) is 1. The van der Waals surface area contributed by atoms with Gasteiger partial charge in [-0.25, -0.2) is 4.98 Å². The van der Waals surface area contributed by atoms with Gasteiger partial charge in [-0.15, -0.1) is 11.3 Å². The third-order valence-corrected chi connectivity index (χ3v) is 4.40. The largest absolute Gasteiger partial charge is 0.493 e. The van der Waals surface area contributed by atoms with Crippen molar-refractivity contribution in [2.45, 2.75) is 26.4 Å². The summed E-state index contributed by atoms with van der Waals surface area (Å²) in [6.07, 6.45) is 0.225. The Kier molecular flexibility index (Phi) is 7.14. The number of amides is 2. The van der Waals surface area contributed by atoms with E-state index in [2.05, 4.69) is 15.6 Å². The lowest BCUT2D eigenvalue weighted by atomic mass is 10.1. The van der Waals surface area contributed by atoms with Crippen molar-refractivity contribution in [3.63, 3.8) is 0 Å². The topological polar surface area (TPSA) is 116 Å². The number of benzene rings is 1. The van der Waals surface area contributed by atoms with Crippen LogP contribution in [-0.2, 0) is 0 Å². The predicted molar refractivity (Wildman–Crippen MR) is 105 cm³/mol. The maximum atomic E-state index is 12.4. The van der Waals surface area contributed by atoms with Gasteiger partial charge in [-0.1, -0.05) is 13.8 Å². The Balaban J connectivity index is 2.02. The third-order valence-electron chi connectivity index (χ3n) is 3.64. The van der Waals surface area contributed by atoms with Crippen LogP contribution in [0.2, 0.25) is 0 Å². The molecule has 1 atom stereocenters. The van der Waals surface area contributed by atoms with Gasteiger partial charge in [-0.3, -0.25) is 14.9 Å². The predicted octanol–water partition coefficient (Wildman–Crippen LogP) is 2.47. The first-order valence-electron chi connectivity index (χ1n) is 8.39. The first-order chi connectivity index (χ1) is 12.8. The Morgan fingerprint density at radius 2 is 1.89 bits per heavy atom. The minimum atomic E-state index is -0.441. The molecule has 0 aliphatic carbocycles. The van der Waals surface area contributed by atoms with E-state index in [4.69, 9.17) is 15.2 Å². The molecule has 1 aromatic carbocycles. The van der Waals surface area contributed by atoms with E-state index in [-0.39, 0.29) is 17.5 Å². The van der Waals surface area contributed by atoms with Crippen molar-refractivity contribution in [2.24, 2.45) is 11.7 Å². The number of rotatable bonds is 8. The molecule has 0 saturated heterocycles. The average molecular weight is 392 g/mol. The molecule has 0 bridgehead atoms. The molecule has 0 saturated carbocycles. The van der Waals surface area contributed by atoms with Gasteiger partial charge in [0.2, 0.25) is 0 Å². The zero-order chi connectivity index (χ0) is 20.0. The molecule has 4 N–H and O–H groups in total. The van der Waals surface area contributed by atoms with Crippen molar-refractivity contribution >= 4 is 28.3 Å². The van der Waals surface area contributed by atoms with Crippen LogP contribution in [0.4, 0.5) is 5.13 Å². The summed E-state index contributed by atoms with van der Waals surface area (Å²) in [5, 5.41) is 7.25. The monoisotopic (exact) mass is 392 g/mol. The Morgan fingerprint density at radius 1 is 1.19 bits per heavy atom. The number of ether oxygens (including phenoxy) is 2. The molecular formula is C18H24N4O4S. The van der Waals surface area contributed by atoms with E-state index in [1.54, 1.807) is 23.6 Å². The standard InChI is InChI=1S/C18H24N4O4S/c1-10(2)7-15(19)21-17(24)12-9-27-18(20-12)22-16(23)11-5-6-13(25-3)14(8-11)26-4/h5-6,8-10,15H,7,19H2,1-4H3,(H,21,24)(H,20,22,23). The number of thiazole rings is 1. The van der Waals surface area contributed by atoms with Crippen LogP contribution in [0.25, 0.3) is 0 Å². The number of anilines is 1. The van der Waals surface area contributed by atoms with Gasteiger partial charge in [0.05, 0.1) is 20.4 Å². The molecule has 0 aliphatic heterocycles. The summed E-state index contributed by atoms with van der Waals surface area (Å²) in [6, 6.07) is 4.83. The van der Waals surface area contributed by atoms with Crippen LogP contribution in [0.15, 0.2) is 23.6 Å². The molecule has 0 fully saturated rings. The fourth-order valence-electron chi connectivity index (χ4n) is 2.39. The molecule has 27 heavy (non-hydrogen) atoms. The fraction of sp³-hybridized carbons (Fsp3) is 0.389. The molecule has 146 valence electrons. The van der Waals surface area contributed by atoms with E-state index in [0.717, 1.165) is 11.3 Å². The van der Waals surface area contributed by atoms with Gasteiger partial charge in [0.1, 0.15) is 5.69 Å². The summed E-state index contributed by atoms with van der Waals surface area (Å²) < 4.78 is 10.3. The molecule has 0 radical (unpaired) electrons. The van der Waals surface area contributed by atoms with E-state index in [1.807, 2.05) is 13.8 Å². The van der Waals surface area contributed by atoms with Crippen molar-refractivity contribution in [1.82, 2.24) is 10.3 Å². The molecule has 1 heterocycles. The van der Waals surface area contributed by atoms with Crippen molar-refractivity contribution < 1.29 is 19.1 Å². The van der Waals surface area contributed by atoms with E-state index >= 15 is 0 Å². The normalized spacial score (nSPS) is 11.8. The van der Waals surface area contributed by atoms with Crippen molar-refractivity contribution in [3.05, 3.63) is 34.8 Å². The smallest absolute Gasteiger partial charge is 0.272 e. The van der Waals surface area contributed by atoms with Gasteiger partial charge in [-0.05, 0) is 30.5 Å². The zero-order valence-corrected chi connectivity index (χ0v) is 16.6. The molecule has 2 aromatic rings. The first-order valence-corrected chi connectivity index (χ1v) is 9.27. The number of aromatic nitrogens is 1. The lowest BCUT2D eigenvalue weighted by molar-refractivity contribution is 0.0928. The van der Waals surface area contributed by atoms with Gasteiger partial charge in [0.15, 0.2) is 16.6 Å². The number of carbonyl (C=O) groups is 2. The molecule has 9 heteroatoms. The number of nitrogens with two attached hydrogens (primary N) is 1. The van der Waals surface area contributed by atoms with Crippen LogP contribution in [0.3, 0.4) is 0 Å². The quantitative estimate of drug-likeness (QED) is 0.595. The summed E-state index contributed by atoms with van der Waals surface area (Å²) in [4.78, 5) is 28.7. The van der Waals surface area contributed by atoms with Crippen molar-refractivity contribution in [2.75, 3.05) is 19.5 Å². The molecule has 2 amide bonds. The Morgan fingerprint density at radius 3 is 2.52 bits per heavy atom. The molecule has 1 aromatic heterocycles. The van der Waals surface area contributed by atoms with Gasteiger partial charge >= 0.3 is 0 Å². The van der Waals surface area contributed by atoms with E-state index in [1.165, 1.54) is 14.2 Å².